The molecule has 1 heterocycles. The molecular weight excluding hydrogens is 272 g/mol. The van der Waals surface area contributed by atoms with Gasteiger partial charge in [-0.3, -0.25) is 4.79 Å². The molecule has 1 rings (SSSR count). The fraction of sp³-hybridized carbons (Fsp3) is 0.909. The highest BCUT2D eigenvalue weighted by Crippen LogP contribution is 2.20. The molecule has 0 radical (unpaired) electrons. The fourth-order valence-electron chi connectivity index (χ4n) is 1.73. The summed E-state index contributed by atoms with van der Waals surface area (Å²) in [6.45, 7) is 4.78. The van der Waals surface area contributed by atoms with Crippen LogP contribution in [0.4, 0.5) is 0 Å². The maximum Gasteiger partial charge on any atom is 0.237 e. The number of amides is 1. The Morgan fingerprint density at radius 3 is 2.78 bits per heavy atom. The van der Waals surface area contributed by atoms with Crippen molar-refractivity contribution in [1.29, 1.82) is 0 Å². The van der Waals surface area contributed by atoms with E-state index in [9.17, 15) is 13.2 Å². The second-order valence-electron chi connectivity index (χ2n) is 4.64. The molecule has 1 N–H and O–H groups in total. The molecule has 0 bridgehead atoms. The van der Waals surface area contributed by atoms with Crippen LogP contribution in [0.3, 0.4) is 0 Å². The van der Waals surface area contributed by atoms with Crippen LogP contribution in [0.25, 0.3) is 0 Å². The van der Waals surface area contributed by atoms with Crippen molar-refractivity contribution in [1.82, 2.24) is 10.2 Å². The van der Waals surface area contributed by atoms with Gasteiger partial charge in [0.25, 0.3) is 0 Å². The number of hydrogen-bond donors (Lipinski definition) is 1. The van der Waals surface area contributed by atoms with Crippen molar-refractivity contribution in [2.75, 3.05) is 30.9 Å². The average molecular weight is 294 g/mol. The van der Waals surface area contributed by atoms with Gasteiger partial charge in [0.2, 0.25) is 5.91 Å². The summed E-state index contributed by atoms with van der Waals surface area (Å²) >= 11 is 1.59. The van der Waals surface area contributed by atoms with Gasteiger partial charge < -0.3 is 10.2 Å². The van der Waals surface area contributed by atoms with Gasteiger partial charge in [-0.05, 0) is 13.3 Å². The largest absolute Gasteiger partial charge is 0.323 e. The van der Waals surface area contributed by atoms with E-state index < -0.39 is 15.2 Å². The molecule has 0 saturated carbocycles. The van der Waals surface area contributed by atoms with Gasteiger partial charge in [0.15, 0.2) is 9.84 Å². The fourth-order valence-corrected chi connectivity index (χ4v) is 4.57. The number of sulfone groups is 1. The van der Waals surface area contributed by atoms with Gasteiger partial charge in [0.05, 0.1) is 6.54 Å². The molecule has 1 fully saturated rings. The smallest absolute Gasteiger partial charge is 0.237 e. The lowest BCUT2D eigenvalue weighted by molar-refractivity contribution is -0.130. The van der Waals surface area contributed by atoms with E-state index in [0.29, 0.717) is 12.3 Å². The van der Waals surface area contributed by atoms with Crippen LogP contribution in [0, 0.1) is 0 Å². The first-order valence-electron chi connectivity index (χ1n) is 6.15. The summed E-state index contributed by atoms with van der Waals surface area (Å²) in [6.07, 6.45) is 2.14. The second kappa shape index (κ2) is 6.77. The number of thioether (sulfide) groups is 1. The zero-order valence-corrected chi connectivity index (χ0v) is 12.8. The molecule has 7 heteroatoms. The van der Waals surface area contributed by atoms with E-state index in [-0.39, 0.29) is 18.5 Å². The predicted octanol–water partition coefficient (Wildman–Crippen LogP) is 0.321. The van der Waals surface area contributed by atoms with Gasteiger partial charge in [-0.15, -0.1) is 0 Å². The number of nitrogens with zero attached hydrogens (tertiary/aromatic N) is 1. The molecule has 5 nitrogen and oxygen atoms in total. The zero-order chi connectivity index (χ0) is 13.8. The second-order valence-corrected chi connectivity index (χ2v) is 7.99. The first kappa shape index (κ1) is 15.8. The highest BCUT2D eigenvalue weighted by molar-refractivity contribution is 8.00. The topological polar surface area (TPSA) is 66.5 Å². The lowest BCUT2D eigenvalue weighted by Gasteiger charge is -2.34. The van der Waals surface area contributed by atoms with Crippen molar-refractivity contribution in [2.45, 2.75) is 31.7 Å². The van der Waals surface area contributed by atoms with E-state index in [2.05, 4.69) is 5.32 Å². The van der Waals surface area contributed by atoms with Crippen LogP contribution < -0.4 is 5.32 Å². The molecule has 0 aromatic rings. The number of nitrogens with one attached hydrogen (secondary N) is 1. The molecule has 1 saturated heterocycles. The van der Waals surface area contributed by atoms with Crippen molar-refractivity contribution in [3.63, 3.8) is 0 Å². The molecule has 0 aliphatic carbocycles. The SMILES string of the molecule is CCC(C)NCC(=O)N1CCSCC1S(C)(=O)=O. The molecule has 2 unspecified atom stereocenters. The van der Waals surface area contributed by atoms with Gasteiger partial charge >= 0.3 is 0 Å². The molecule has 106 valence electrons. The monoisotopic (exact) mass is 294 g/mol. The van der Waals surface area contributed by atoms with Crippen LogP contribution in [0.1, 0.15) is 20.3 Å². The third-order valence-corrected chi connectivity index (χ3v) is 5.76. The van der Waals surface area contributed by atoms with E-state index in [1.807, 2.05) is 13.8 Å². The van der Waals surface area contributed by atoms with Crippen LogP contribution in [-0.4, -0.2) is 61.5 Å². The Kier molecular flexibility index (Phi) is 5.94. The van der Waals surface area contributed by atoms with Gasteiger partial charge in [-0.25, -0.2) is 8.42 Å². The molecule has 0 aromatic heterocycles. The number of hydrogen-bond acceptors (Lipinski definition) is 5. The lowest BCUT2D eigenvalue weighted by atomic mass is 10.2. The number of carbonyl (C=O) groups excluding carboxylic acids is 1. The van der Waals surface area contributed by atoms with Crippen molar-refractivity contribution < 1.29 is 13.2 Å². The van der Waals surface area contributed by atoms with Crippen molar-refractivity contribution in [3.8, 4) is 0 Å². The van der Waals surface area contributed by atoms with E-state index >= 15 is 0 Å². The quantitative estimate of drug-likeness (QED) is 0.791. The van der Waals surface area contributed by atoms with Gasteiger partial charge in [-0.2, -0.15) is 11.8 Å². The van der Waals surface area contributed by atoms with Crippen molar-refractivity contribution >= 4 is 27.5 Å². The molecule has 1 aliphatic rings. The minimum absolute atomic E-state index is 0.119. The Hall–Kier alpha value is -0.270. The Balaban J connectivity index is 2.64. The van der Waals surface area contributed by atoms with Crippen LogP contribution in [0.15, 0.2) is 0 Å². The third kappa shape index (κ3) is 4.44. The van der Waals surface area contributed by atoms with E-state index in [1.54, 1.807) is 11.8 Å². The predicted molar refractivity (Wildman–Crippen MR) is 75.4 cm³/mol. The van der Waals surface area contributed by atoms with Crippen LogP contribution in [-0.2, 0) is 14.6 Å². The summed E-state index contributed by atoms with van der Waals surface area (Å²) in [5, 5.41) is 2.44. The van der Waals surface area contributed by atoms with E-state index in [1.165, 1.54) is 11.2 Å². The molecule has 1 amide bonds. The average Bonchev–Trinajstić information content (AvgIpc) is 2.34. The number of rotatable bonds is 5. The summed E-state index contributed by atoms with van der Waals surface area (Å²) in [4.78, 5) is 13.6. The first-order valence-corrected chi connectivity index (χ1v) is 9.26. The minimum atomic E-state index is -3.21. The molecule has 2 atom stereocenters. The van der Waals surface area contributed by atoms with Gasteiger partial charge in [0, 0.05) is 30.3 Å². The van der Waals surface area contributed by atoms with Crippen LogP contribution in [0.5, 0.6) is 0 Å². The summed E-state index contributed by atoms with van der Waals surface area (Å²) in [5.74, 6) is 1.17. The van der Waals surface area contributed by atoms with Crippen LogP contribution >= 0.6 is 11.8 Å². The standard InChI is InChI=1S/C11H22N2O3S2/c1-4-9(2)12-7-10(14)13-5-6-17-8-11(13)18(3,15)16/h9,11-12H,4-8H2,1-3H3. The number of carbonyl (C=O) groups is 1. The maximum absolute atomic E-state index is 12.1. The maximum atomic E-state index is 12.1. The highest BCUT2D eigenvalue weighted by Gasteiger charge is 2.33. The Labute approximate surface area is 114 Å². The first-order chi connectivity index (χ1) is 8.36. The third-order valence-electron chi connectivity index (χ3n) is 3.11. The van der Waals surface area contributed by atoms with Crippen LogP contribution in [0.2, 0.25) is 0 Å². The molecule has 18 heavy (non-hydrogen) atoms. The molecule has 0 aromatic carbocycles. The summed E-state index contributed by atoms with van der Waals surface area (Å²) in [5.41, 5.74) is 0. The molecular formula is C11H22N2O3S2. The zero-order valence-electron chi connectivity index (χ0n) is 11.2. The molecule has 0 spiro atoms. The molecule has 1 aliphatic heterocycles. The van der Waals surface area contributed by atoms with Crippen molar-refractivity contribution in [2.24, 2.45) is 0 Å². The van der Waals surface area contributed by atoms with Gasteiger partial charge in [-0.1, -0.05) is 6.92 Å². The Morgan fingerprint density at radius 1 is 1.56 bits per heavy atom. The van der Waals surface area contributed by atoms with Gasteiger partial charge in [0.1, 0.15) is 5.37 Å². The summed E-state index contributed by atoms with van der Waals surface area (Å²) in [6, 6.07) is 0.268. The van der Waals surface area contributed by atoms with E-state index in [4.69, 9.17) is 0 Å². The minimum Gasteiger partial charge on any atom is -0.323 e. The normalized spacial score (nSPS) is 22.8. The Bertz CT molecular complexity index is 384. The lowest BCUT2D eigenvalue weighted by Crippen LogP contribution is -2.52. The summed E-state index contributed by atoms with van der Waals surface area (Å²) < 4.78 is 23.3. The van der Waals surface area contributed by atoms with E-state index in [0.717, 1.165) is 12.2 Å². The Morgan fingerprint density at radius 2 is 2.22 bits per heavy atom. The summed E-state index contributed by atoms with van der Waals surface area (Å²) in [7, 11) is -3.21. The highest BCUT2D eigenvalue weighted by atomic mass is 32.2. The van der Waals surface area contributed by atoms with Crippen molar-refractivity contribution in [3.05, 3.63) is 0 Å².